The molecular formula is C18H12BrN3O3S. The van der Waals surface area contributed by atoms with Crippen LogP contribution in [0.4, 0.5) is 0 Å². The first-order valence-electron chi connectivity index (χ1n) is 7.61. The van der Waals surface area contributed by atoms with Crippen LogP contribution in [0.2, 0.25) is 0 Å². The molecule has 0 aliphatic rings. The Morgan fingerprint density at radius 3 is 2.23 bits per heavy atom. The van der Waals surface area contributed by atoms with Crippen LogP contribution in [0, 0.1) is 0 Å². The Labute approximate surface area is 157 Å². The van der Waals surface area contributed by atoms with Crippen molar-refractivity contribution in [2.75, 3.05) is 0 Å². The second kappa shape index (κ2) is 6.22. The van der Waals surface area contributed by atoms with Crippen LogP contribution in [0.3, 0.4) is 0 Å². The van der Waals surface area contributed by atoms with E-state index in [-0.39, 0.29) is 15.5 Å². The topological polar surface area (TPSA) is 85.1 Å². The molecule has 0 spiro atoms. The van der Waals surface area contributed by atoms with E-state index in [1.807, 2.05) is 0 Å². The van der Waals surface area contributed by atoms with E-state index in [0.717, 1.165) is 4.47 Å². The van der Waals surface area contributed by atoms with Crippen molar-refractivity contribution in [2.45, 2.75) is 9.79 Å². The molecule has 0 aliphatic heterocycles. The molecular weight excluding hydrogens is 418 g/mol. The number of aromatic nitrogens is 3. The van der Waals surface area contributed by atoms with Gasteiger partial charge in [0.05, 0.1) is 9.79 Å². The molecule has 0 fully saturated rings. The van der Waals surface area contributed by atoms with Gasteiger partial charge in [-0.05, 0) is 54.6 Å². The molecule has 0 radical (unpaired) electrons. The standard InChI is InChI=1S/C18H12BrN3O3S/c19-12-5-7-13(8-6-12)26(24,25)14-9-10-15-16(11-14)21-22(20-15)17-3-1-2-4-18(17)23/h1-11,23H. The van der Waals surface area contributed by atoms with Crippen molar-refractivity contribution in [1.82, 2.24) is 15.0 Å². The van der Waals surface area contributed by atoms with Gasteiger partial charge in [-0.15, -0.1) is 15.0 Å². The van der Waals surface area contributed by atoms with E-state index in [9.17, 15) is 13.5 Å². The average Bonchev–Trinajstić information content (AvgIpc) is 3.05. The number of rotatable bonds is 3. The molecule has 1 N–H and O–H groups in total. The van der Waals surface area contributed by atoms with Crippen LogP contribution in [0.15, 0.2) is 81.0 Å². The number of hydrogen-bond acceptors (Lipinski definition) is 5. The second-order valence-electron chi connectivity index (χ2n) is 5.59. The van der Waals surface area contributed by atoms with E-state index in [1.165, 1.54) is 23.0 Å². The number of fused-ring (bicyclic) bond motifs is 1. The third kappa shape index (κ3) is 2.87. The molecule has 1 aromatic heterocycles. The highest BCUT2D eigenvalue weighted by Gasteiger charge is 2.19. The van der Waals surface area contributed by atoms with Gasteiger partial charge in [0.15, 0.2) is 0 Å². The number of aromatic hydroxyl groups is 1. The number of phenolic OH excluding ortho intramolecular Hbond substituents is 1. The first-order valence-corrected chi connectivity index (χ1v) is 9.89. The Hall–Kier alpha value is -2.71. The maximum Gasteiger partial charge on any atom is 0.206 e. The molecule has 3 aromatic carbocycles. The summed E-state index contributed by atoms with van der Waals surface area (Å²) < 4.78 is 26.4. The molecule has 4 aromatic rings. The van der Waals surface area contributed by atoms with Crippen LogP contribution < -0.4 is 0 Å². The zero-order valence-corrected chi connectivity index (χ0v) is 15.6. The molecule has 0 bridgehead atoms. The zero-order chi connectivity index (χ0) is 18.3. The summed E-state index contributed by atoms with van der Waals surface area (Å²) >= 11 is 3.30. The molecule has 4 rings (SSSR count). The van der Waals surface area contributed by atoms with Crippen LogP contribution in [-0.4, -0.2) is 28.5 Å². The van der Waals surface area contributed by atoms with Gasteiger partial charge in [0.25, 0.3) is 0 Å². The molecule has 130 valence electrons. The van der Waals surface area contributed by atoms with Crippen LogP contribution in [0.1, 0.15) is 0 Å². The summed E-state index contributed by atoms with van der Waals surface area (Å²) in [6, 6.07) is 17.7. The maximum absolute atomic E-state index is 12.8. The molecule has 1 heterocycles. The molecule has 0 saturated carbocycles. The average molecular weight is 430 g/mol. The second-order valence-corrected chi connectivity index (χ2v) is 8.45. The fraction of sp³-hybridized carbons (Fsp3) is 0. The molecule has 0 saturated heterocycles. The van der Waals surface area contributed by atoms with Crippen molar-refractivity contribution in [2.24, 2.45) is 0 Å². The molecule has 6 nitrogen and oxygen atoms in total. The first-order chi connectivity index (χ1) is 12.4. The summed E-state index contributed by atoms with van der Waals surface area (Å²) in [6.45, 7) is 0. The lowest BCUT2D eigenvalue weighted by molar-refractivity contribution is 0.468. The van der Waals surface area contributed by atoms with Gasteiger partial charge in [0, 0.05) is 4.47 Å². The fourth-order valence-electron chi connectivity index (χ4n) is 2.55. The number of benzene rings is 3. The third-order valence-corrected chi connectivity index (χ3v) is 6.18. The molecule has 0 aliphatic carbocycles. The van der Waals surface area contributed by atoms with Crippen molar-refractivity contribution < 1.29 is 13.5 Å². The highest BCUT2D eigenvalue weighted by Crippen LogP contribution is 2.26. The highest BCUT2D eigenvalue weighted by molar-refractivity contribution is 9.10. The number of sulfone groups is 1. The normalized spacial score (nSPS) is 11.7. The monoisotopic (exact) mass is 429 g/mol. The van der Waals surface area contributed by atoms with Gasteiger partial charge in [-0.1, -0.05) is 28.1 Å². The van der Waals surface area contributed by atoms with Crippen LogP contribution >= 0.6 is 15.9 Å². The van der Waals surface area contributed by atoms with Gasteiger partial charge in [-0.2, -0.15) is 0 Å². The molecule has 0 amide bonds. The summed E-state index contributed by atoms with van der Waals surface area (Å²) in [5, 5.41) is 18.5. The SMILES string of the molecule is O=S(=O)(c1ccc(Br)cc1)c1ccc2nn(-c3ccccc3O)nc2c1. The van der Waals surface area contributed by atoms with Gasteiger partial charge < -0.3 is 5.11 Å². The predicted molar refractivity (Wildman–Crippen MR) is 100 cm³/mol. The minimum absolute atomic E-state index is 0.0375. The third-order valence-electron chi connectivity index (χ3n) is 3.88. The molecule has 0 unspecified atom stereocenters. The van der Waals surface area contributed by atoms with E-state index in [0.29, 0.717) is 16.7 Å². The van der Waals surface area contributed by atoms with Gasteiger partial charge in [0.2, 0.25) is 9.84 Å². The summed E-state index contributed by atoms with van der Waals surface area (Å²) in [7, 11) is -3.66. The van der Waals surface area contributed by atoms with E-state index in [2.05, 4.69) is 26.1 Å². The first kappa shape index (κ1) is 16.7. The Balaban J connectivity index is 1.81. The van der Waals surface area contributed by atoms with E-state index in [1.54, 1.807) is 48.5 Å². The van der Waals surface area contributed by atoms with Crippen molar-refractivity contribution in [3.05, 3.63) is 71.2 Å². The van der Waals surface area contributed by atoms with Crippen molar-refractivity contribution in [1.29, 1.82) is 0 Å². The summed E-state index contributed by atoms with van der Waals surface area (Å²) in [5.41, 5.74) is 1.37. The lowest BCUT2D eigenvalue weighted by atomic mass is 10.3. The van der Waals surface area contributed by atoms with E-state index in [4.69, 9.17) is 0 Å². The summed E-state index contributed by atoms with van der Waals surface area (Å²) in [4.78, 5) is 1.63. The van der Waals surface area contributed by atoms with Crippen LogP contribution in [0.5, 0.6) is 5.75 Å². The van der Waals surface area contributed by atoms with Crippen molar-refractivity contribution >= 4 is 36.8 Å². The Morgan fingerprint density at radius 1 is 0.846 bits per heavy atom. The van der Waals surface area contributed by atoms with E-state index < -0.39 is 9.84 Å². The van der Waals surface area contributed by atoms with E-state index >= 15 is 0 Å². The highest BCUT2D eigenvalue weighted by atomic mass is 79.9. The lowest BCUT2D eigenvalue weighted by Crippen LogP contribution is -2.01. The van der Waals surface area contributed by atoms with Gasteiger partial charge >= 0.3 is 0 Å². The summed E-state index contributed by atoms with van der Waals surface area (Å²) in [6.07, 6.45) is 0. The Morgan fingerprint density at radius 2 is 1.50 bits per heavy atom. The number of halogens is 1. The smallest absolute Gasteiger partial charge is 0.206 e. The number of hydrogen-bond donors (Lipinski definition) is 1. The quantitative estimate of drug-likeness (QED) is 0.536. The van der Waals surface area contributed by atoms with Crippen LogP contribution in [-0.2, 0) is 9.84 Å². The van der Waals surface area contributed by atoms with Gasteiger partial charge in [-0.25, -0.2) is 8.42 Å². The Kier molecular flexibility index (Phi) is 4.01. The fourth-order valence-corrected chi connectivity index (χ4v) is 4.10. The minimum atomic E-state index is -3.66. The van der Waals surface area contributed by atoms with Crippen LogP contribution in [0.25, 0.3) is 16.7 Å². The van der Waals surface area contributed by atoms with Gasteiger partial charge in [-0.3, -0.25) is 0 Å². The Bertz CT molecular complexity index is 1220. The van der Waals surface area contributed by atoms with Gasteiger partial charge in [0.1, 0.15) is 22.5 Å². The minimum Gasteiger partial charge on any atom is -0.506 e. The maximum atomic E-state index is 12.8. The summed E-state index contributed by atoms with van der Waals surface area (Å²) in [5.74, 6) is 0.0375. The molecule has 26 heavy (non-hydrogen) atoms. The lowest BCUT2D eigenvalue weighted by Gasteiger charge is -2.04. The number of para-hydroxylation sites is 2. The molecule has 8 heteroatoms. The van der Waals surface area contributed by atoms with Crippen molar-refractivity contribution in [3.8, 4) is 11.4 Å². The number of nitrogens with zero attached hydrogens (tertiary/aromatic N) is 3. The molecule has 0 atom stereocenters. The predicted octanol–water partition coefficient (Wildman–Crippen LogP) is 3.72. The number of phenols is 1. The van der Waals surface area contributed by atoms with Crippen molar-refractivity contribution in [3.63, 3.8) is 0 Å². The largest absolute Gasteiger partial charge is 0.506 e. The zero-order valence-electron chi connectivity index (χ0n) is 13.2.